The third kappa shape index (κ3) is 5.06. The number of rotatable bonds is 10. The fraction of sp³-hybridized carbons (Fsp3) is 0.619. The van der Waals surface area contributed by atoms with Crippen LogP contribution in [0, 0.1) is 0 Å². The van der Waals surface area contributed by atoms with Gasteiger partial charge in [-0.1, -0.05) is 28.4 Å². The first kappa shape index (κ1) is 21.1. The highest BCUT2D eigenvalue weighted by molar-refractivity contribution is 9.09. The molecule has 0 bridgehead atoms. The van der Waals surface area contributed by atoms with E-state index < -0.39 is 0 Å². The van der Waals surface area contributed by atoms with Crippen LogP contribution in [0.2, 0.25) is 0 Å². The first-order valence-electron chi connectivity index (χ1n) is 10.2. The Hall–Kier alpha value is -1.60. The Kier molecular flexibility index (Phi) is 7.73. The van der Waals surface area contributed by atoms with E-state index in [0.717, 1.165) is 48.8 Å². The Morgan fingerprint density at radius 1 is 1.14 bits per heavy atom. The molecule has 1 aromatic carbocycles. The minimum atomic E-state index is -0.0138. The van der Waals surface area contributed by atoms with E-state index in [1.165, 1.54) is 18.4 Å². The molecule has 28 heavy (non-hydrogen) atoms. The lowest BCUT2D eigenvalue weighted by Crippen LogP contribution is -2.39. The van der Waals surface area contributed by atoms with Crippen molar-refractivity contribution < 1.29 is 9.53 Å². The summed E-state index contributed by atoms with van der Waals surface area (Å²) >= 11 is 3.44. The smallest absolute Gasteiger partial charge is 0.329 e. The molecule has 6 nitrogen and oxygen atoms in total. The highest BCUT2D eigenvalue weighted by Crippen LogP contribution is 2.23. The molecular weight excluding hydrogens is 422 g/mol. The van der Waals surface area contributed by atoms with Crippen molar-refractivity contribution in [1.29, 1.82) is 0 Å². The van der Waals surface area contributed by atoms with Gasteiger partial charge in [-0.3, -0.25) is 13.9 Å². The standard InChI is InChI=1S/C21H30BrN3O3/c1-24-19-14-16(6-5-13-28-12-4-2-3-11-22)7-9-18(19)25(21(24)27)17-8-10-20(26)23-15-17/h7,9,14,17H,2-6,8,10-13,15H2,1H3,(H,23,26). The van der Waals surface area contributed by atoms with E-state index in [4.69, 9.17) is 4.74 Å². The molecule has 2 aromatic rings. The van der Waals surface area contributed by atoms with Crippen molar-refractivity contribution in [3.8, 4) is 0 Å². The van der Waals surface area contributed by atoms with E-state index in [9.17, 15) is 9.59 Å². The monoisotopic (exact) mass is 451 g/mol. The number of aryl methyl sites for hydroxylation is 2. The fourth-order valence-electron chi connectivity index (χ4n) is 3.81. The van der Waals surface area contributed by atoms with Gasteiger partial charge in [0.25, 0.3) is 0 Å². The second kappa shape index (κ2) is 10.3. The van der Waals surface area contributed by atoms with Gasteiger partial charge in [-0.15, -0.1) is 0 Å². The Morgan fingerprint density at radius 3 is 2.71 bits per heavy atom. The normalized spacial score (nSPS) is 17.2. The number of amides is 1. The molecule has 1 aliphatic rings. The number of nitrogens with zero attached hydrogens (tertiary/aromatic N) is 2. The number of halogens is 1. The topological polar surface area (TPSA) is 65.3 Å². The van der Waals surface area contributed by atoms with Crippen molar-refractivity contribution in [2.45, 2.75) is 51.0 Å². The van der Waals surface area contributed by atoms with Crippen LogP contribution in [0.5, 0.6) is 0 Å². The van der Waals surface area contributed by atoms with Crippen molar-refractivity contribution >= 4 is 32.9 Å². The maximum absolute atomic E-state index is 12.8. The number of alkyl halides is 1. The summed E-state index contributed by atoms with van der Waals surface area (Å²) in [6.45, 7) is 2.13. The first-order valence-corrected chi connectivity index (χ1v) is 11.3. The van der Waals surface area contributed by atoms with E-state index in [2.05, 4.69) is 33.4 Å². The summed E-state index contributed by atoms with van der Waals surface area (Å²) in [5.74, 6) is 0.0668. The van der Waals surface area contributed by atoms with Crippen LogP contribution in [0.4, 0.5) is 0 Å². The number of piperidine rings is 1. The summed E-state index contributed by atoms with van der Waals surface area (Å²) in [6.07, 6.45) is 6.63. The largest absolute Gasteiger partial charge is 0.381 e. The van der Waals surface area contributed by atoms with Crippen LogP contribution in [0.25, 0.3) is 11.0 Å². The minimum Gasteiger partial charge on any atom is -0.381 e. The molecule has 1 N–H and O–H groups in total. The number of benzene rings is 1. The highest BCUT2D eigenvalue weighted by Gasteiger charge is 2.24. The average molecular weight is 452 g/mol. The van der Waals surface area contributed by atoms with Crippen molar-refractivity contribution in [3.63, 3.8) is 0 Å². The number of carbonyl (C=O) groups excluding carboxylic acids is 1. The summed E-state index contributed by atoms with van der Waals surface area (Å²) in [6, 6.07) is 6.29. The number of imidazole rings is 1. The van der Waals surface area contributed by atoms with E-state index in [0.29, 0.717) is 19.4 Å². The fourth-order valence-corrected chi connectivity index (χ4v) is 4.21. The zero-order valence-corrected chi connectivity index (χ0v) is 18.2. The van der Waals surface area contributed by atoms with E-state index in [-0.39, 0.29) is 17.6 Å². The van der Waals surface area contributed by atoms with Crippen molar-refractivity contribution in [2.75, 3.05) is 25.1 Å². The van der Waals surface area contributed by atoms with Gasteiger partial charge in [-0.05, 0) is 49.8 Å². The molecule has 0 spiro atoms. The predicted molar refractivity (Wildman–Crippen MR) is 115 cm³/mol. The molecule has 2 heterocycles. The van der Waals surface area contributed by atoms with Gasteiger partial charge in [0, 0.05) is 38.6 Å². The molecule has 1 amide bonds. The van der Waals surface area contributed by atoms with E-state index >= 15 is 0 Å². The zero-order valence-electron chi connectivity index (χ0n) is 16.6. The molecule has 1 atom stereocenters. The Labute approximate surface area is 174 Å². The summed E-state index contributed by atoms with van der Waals surface area (Å²) in [7, 11) is 1.82. The van der Waals surface area contributed by atoms with Gasteiger partial charge in [0.2, 0.25) is 5.91 Å². The Bertz CT molecular complexity index is 848. The van der Waals surface area contributed by atoms with Gasteiger partial charge in [0.1, 0.15) is 0 Å². The van der Waals surface area contributed by atoms with Crippen LogP contribution in [0.1, 0.15) is 50.1 Å². The molecule has 1 unspecified atom stereocenters. The third-order valence-corrected chi connectivity index (χ3v) is 6.00. The number of nitrogens with one attached hydrogen (secondary N) is 1. The van der Waals surface area contributed by atoms with Crippen LogP contribution in [0.3, 0.4) is 0 Å². The lowest BCUT2D eigenvalue weighted by molar-refractivity contribution is -0.122. The second-order valence-electron chi connectivity index (χ2n) is 7.50. The summed E-state index contributed by atoms with van der Waals surface area (Å²) < 4.78 is 9.28. The molecule has 0 radical (unpaired) electrons. The molecule has 7 heteroatoms. The van der Waals surface area contributed by atoms with Gasteiger partial charge in [-0.2, -0.15) is 0 Å². The van der Waals surface area contributed by atoms with Gasteiger partial charge in [-0.25, -0.2) is 4.79 Å². The molecular formula is C21H30BrN3O3. The van der Waals surface area contributed by atoms with Crippen molar-refractivity contribution in [3.05, 3.63) is 34.2 Å². The van der Waals surface area contributed by atoms with Gasteiger partial charge < -0.3 is 10.1 Å². The lowest BCUT2D eigenvalue weighted by Gasteiger charge is -2.23. The van der Waals surface area contributed by atoms with Gasteiger partial charge in [0.05, 0.1) is 17.1 Å². The number of unbranched alkanes of at least 4 members (excludes halogenated alkanes) is 2. The van der Waals surface area contributed by atoms with Crippen LogP contribution >= 0.6 is 15.9 Å². The van der Waals surface area contributed by atoms with Crippen LogP contribution in [-0.4, -0.2) is 40.1 Å². The van der Waals surface area contributed by atoms with Crippen molar-refractivity contribution in [2.24, 2.45) is 7.05 Å². The molecule has 154 valence electrons. The van der Waals surface area contributed by atoms with E-state index in [1.54, 1.807) is 4.57 Å². The molecule has 1 aliphatic heterocycles. The third-order valence-electron chi connectivity index (χ3n) is 5.43. The highest BCUT2D eigenvalue weighted by atomic mass is 79.9. The summed E-state index contributed by atoms with van der Waals surface area (Å²) in [5, 5.41) is 3.94. The number of hydrogen-bond acceptors (Lipinski definition) is 3. The summed E-state index contributed by atoms with van der Waals surface area (Å²) in [5.41, 5.74) is 3.11. The minimum absolute atomic E-state index is 0.0138. The second-order valence-corrected chi connectivity index (χ2v) is 8.29. The molecule has 1 aromatic heterocycles. The van der Waals surface area contributed by atoms with Crippen LogP contribution < -0.4 is 11.0 Å². The SMILES string of the molecule is Cn1c(=O)n(C2CCC(=O)NC2)c2ccc(CCCOCCCCCBr)cc21. The maximum Gasteiger partial charge on any atom is 0.329 e. The Balaban J connectivity index is 1.60. The predicted octanol–water partition coefficient (Wildman–Crippen LogP) is 3.31. The molecule has 1 saturated heterocycles. The van der Waals surface area contributed by atoms with E-state index in [1.807, 2.05) is 17.7 Å². The molecule has 1 fully saturated rings. The summed E-state index contributed by atoms with van der Waals surface area (Å²) in [4.78, 5) is 24.2. The number of hydrogen-bond donors (Lipinski definition) is 1. The first-order chi connectivity index (χ1) is 13.6. The Morgan fingerprint density at radius 2 is 1.96 bits per heavy atom. The maximum atomic E-state index is 12.8. The van der Waals surface area contributed by atoms with Crippen LogP contribution in [0.15, 0.2) is 23.0 Å². The quantitative estimate of drug-likeness (QED) is 0.445. The molecule has 0 saturated carbocycles. The average Bonchev–Trinajstić information content (AvgIpc) is 2.95. The number of fused-ring (bicyclic) bond motifs is 1. The number of carbonyl (C=O) groups is 1. The number of aromatic nitrogens is 2. The number of ether oxygens (including phenoxy) is 1. The lowest BCUT2D eigenvalue weighted by atomic mass is 10.1. The molecule has 0 aliphatic carbocycles. The van der Waals surface area contributed by atoms with Crippen LogP contribution in [-0.2, 0) is 23.0 Å². The van der Waals surface area contributed by atoms with Gasteiger partial charge >= 0.3 is 5.69 Å². The van der Waals surface area contributed by atoms with Gasteiger partial charge in [0.15, 0.2) is 0 Å². The zero-order chi connectivity index (χ0) is 19.9. The van der Waals surface area contributed by atoms with Crippen molar-refractivity contribution in [1.82, 2.24) is 14.5 Å². The molecule has 3 rings (SSSR count).